The Hall–Kier alpha value is -2.30. The summed E-state index contributed by atoms with van der Waals surface area (Å²) in [5, 5.41) is 4.08. The molecule has 23 heavy (non-hydrogen) atoms. The van der Waals surface area contributed by atoms with Gasteiger partial charge in [0.25, 0.3) is 5.91 Å². The third-order valence-corrected chi connectivity index (χ3v) is 4.38. The number of carbonyl (C=O) groups excluding carboxylic acids is 1. The maximum atomic E-state index is 12.7. The van der Waals surface area contributed by atoms with Crippen molar-refractivity contribution in [2.75, 3.05) is 26.0 Å². The number of fused-ring (bicyclic) bond motifs is 1. The Morgan fingerprint density at radius 2 is 1.91 bits per heavy atom. The Morgan fingerprint density at radius 3 is 2.70 bits per heavy atom. The zero-order chi connectivity index (χ0) is 16.4. The van der Waals surface area contributed by atoms with Gasteiger partial charge in [0.1, 0.15) is 0 Å². The van der Waals surface area contributed by atoms with Gasteiger partial charge in [-0.15, -0.1) is 0 Å². The molecule has 0 N–H and O–H groups in total. The summed E-state index contributed by atoms with van der Waals surface area (Å²) in [6.07, 6.45) is 4.03. The second kappa shape index (κ2) is 6.44. The third-order valence-electron chi connectivity index (χ3n) is 4.38. The summed E-state index contributed by atoms with van der Waals surface area (Å²) in [7, 11) is 5.83. The highest BCUT2D eigenvalue weighted by Gasteiger charge is 2.26. The van der Waals surface area contributed by atoms with Crippen molar-refractivity contribution in [2.24, 2.45) is 0 Å². The lowest BCUT2D eigenvalue weighted by molar-refractivity contribution is 0.0742. The van der Waals surface area contributed by atoms with E-state index in [1.165, 1.54) is 0 Å². The van der Waals surface area contributed by atoms with Crippen LogP contribution in [0.25, 0.3) is 0 Å². The van der Waals surface area contributed by atoms with Gasteiger partial charge in [-0.1, -0.05) is 23.4 Å². The first kappa shape index (κ1) is 15.6. The maximum Gasteiger partial charge on any atom is 0.292 e. The van der Waals surface area contributed by atoms with E-state index in [0.29, 0.717) is 12.3 Å². The van der Waals surface area contributed by atoms with Gasteiger partial charge in [0.05, 0.1) is 5.69 Å². The van der Waals surface area contributed by atoms with Crippen molar-refractivity contribution in [3.05, 3.63) is 46.8 Å². The molecule has 5 nitrogen and oxygen atoms in total. The molecule has 1 aromatic carbocycles. The average Bonchev–Trinajstić information content (AvgIpc) is 2.98. The van der Waals surface area contributed by atoms with Gasteiger partial charge < -0.3 is 14.3 Å². The molecule has 0 fully saturated rings. The number of para-hydroxylation sites is 1. The number of nitrogens with zero attached hydrogens (tertiary/aromatic N) is 3. The molecule has 0 bridgehead atoms. The van der Waals surface area contributed by atoms with Gasteiger partial charge in [-0.25, -0.2) is 0 Å². The fourth-order valence-corrected chi connectivity index (χ4v) is 3.14. The topological polar surface area (TPSA) is 49.6 Å². The number of hydrogen-bond acceptors (Lipinski definition) is 4. The lowest BCUT2D eigenvalue weighted by Gasteiger charge is -2.22. The summed E-state index contributed by atoms with van der Waals surface area (Å²) in [5.41, 5.74) is 4.20. The molecule has 0 radical (unpaired) electrons. The molecule has 0 aliphatic heterocycles. The Balaban J connectivity index is 1.80. The van der Waals surface area contributed by atoms with Crippen LogP contribution in [0.1, 0.15) is 40.2 Å². The quantitative estimate of drug-likeness (QED) is 0.871. The van der Waals surface area contributed by atoms with E-state index in [4.69, 9.17) is 4.52 Å². The monoisotopic (exact) mass is 313 g/mol. The number of hydrogen-bond donors (Lipinski definition) is 0. The Bertz CT molecular complexity index is 706. The third kappa shape index (κ3) is 3.09. The molecule has 0 saturated carbocycles. The molecule has 0 unspecified atom stereocenters. The molecular weight excluding hydrogens is 290 g/mol. The molecule has 0 atom stereocenters. The number of aryl methyl sites for hydroxylation is 1. The van der Waals surface area contributed by atoms with Crippen LogP contribution in [0.3, 0.4) is 0 Å². The number of benzene rings is 1. The number of amides is 1. The number of carbonyl (C=O) groups is 1. The zero-order valence-electron chi connectivity index (χ0n) is 14.0. The van der Waals surface area contributed by atoms with Crippen LogP contribution in [0.15, 0.2) is 28.8 Å². The summed E-state index contributed by atoms with van der Waals surface area (Å²) in [4.78, 5) is 16.5. The first-order valence-corrected chi connectivity index (χ1v) is 8.06. The summed E-state index contributed by atoms with van der Waals surface area (Å²) >= 11 is 0. The van der Waals surface area contributed by atoms with E-state index in [0.717, 1.165) is 48.2 Å². The molecular formula is C18H23N3O2. The second-order valence-corrected chi connectivity index (χ2v) is 6.33. The van der Waals surface area contributed by atoms with Crippen LogP contribution in [0.4, 0.5) is 5.69 Å². The van der Waals surface area contributed by atoms with E-state index >= 15 is 0 Å². The van der Waals surface area contributed by atoms with Crippen molar-refractivity contribution in [3.8, 4) is 0 Å². The molecule has 0 saturated heterocycles. The van der Waals surface area contributed by atoms with Crippen molar-refractivity contribution >= 4 is 11.6 Å². The Kier molecular flexibility index (Phi) is 4.37. The summed E-state index contributed by atoms with van der Waals surface area (Å²) in [5.74, 6) is 0.332. The molecule has 1 aliphatic carbocycles. The fraction of sp³-hybridized carbons (Fsp3) is 0.444. The van der Waals surface area contributed by atoms with E-state index in [1.807, 2.05) is 33.3 Å². The minimum atomic E-state index is -0.0887. The lowest BCUT2D eigenvalue weighted by Crippen LogP contribution is -2.28. The molecule has 1 heterocycles. The van der Waals surface area contributed by atoms with E-state index in [2.05, 4.69) is 22.2 Å². The number of rotatable bonds is 4. The fourth-order valence-electron chi connectivity index (χ4n) is 3.14. The molecule has 122 valence electrons. The zero-order valence-corrected chi connectivity index (χ0v) is 14.0. The van der Waals surface area contributed by atoms with Gasteiger partial charge in [-0.3, -0.25) is 4.79 Å². The predicted octanol–water partition coefficient (Wildman–Crippen LogP) is 2.89. The van der Waals surface area contributed by atoms with Crippen molar-refractivity contribution in [1.29, 1.82) is 0 Å². The van der Waals surface area contributed by atoms with Gasteiger partial charge >= 0.3 is 0 Å². The number of anilines is 1. The van der Waals surface area contributed by atoms with Crippen molar-refractivity contribution in [1.82, 2.24) is 10.1 Å². The van der Waals surface area contributed by atoms with Gasteiger partial charge in [0.2, 0.25) is 5.76 Å². The highest BCUT2D eigenvalue weighted by atomic mass is 16.5. The standard InChI is InChI=1S/C18H23N3O2/c1-20(2)16-11-7-4-8-13(16)12-21(3)18(22)17-14-9-5-6-10-15(14)19-23-17/h4,7-8,11H,5-6,9-10,12H2,1-3H3. The minimum absolute atomic E-state index is 0.0887. The van der Waals surface area contributed by atoms with Crippen LogP contribution in [0.5, 0.6) is 0 Å². The van der Waals surface area contributed by atoms with Crippen LogP contribution in [0, 0.1) is 0 Å². The molecule has 1 amide bonds. The SMILES string of the molecule is CN(Cc1ccccc1N(C)C)C(=O)c1onc2c1CCCC2. The second-order valence-electron chi connectivity index (χ2n) is 6.33. The molecule has 3 rings (SSSR count). The summed E-state index contributed by atoms with van der Waals surface area (Å²) in [6.45, 7) is 0.544. The first-order chi connectivity index (χ1) is 11.1. The van der Waals surface area contributed by atoms with E-state index in [1.54, 1.807) is 4.90 Å². The van der Waals surface area contributed by atoms with Gasteiger partial charge in [-0.2, -0.15) is 0 Å². The largest absolute Gasteiger partial charge is 0.377 e. The molecule has 5 heteroatoms. The Morgan fingerprint density at radius 1 is 1.17 bits per heavy atom. The van der Waals surface area contributed by atoms with Crippen LogP contribution < -0.4 is 4.90 Å². The van der Waals surface area contributed by atoms with Gasteiger partial charge in [0.15, 0.2) is 0 Å². The van der Waals surface area contributed by atoms with E-state index in [-0.39, 0.29) is 5.91 Å². The highest BCUT2D eigenvalue weighted by molar-refractivity contribution is 5.93. The highest BCUT2D eigenvalue weighted by Crippen LogP contribution is 2.26. The number of aromatic nitrogens is 1. The first-order valence-electron chi connectivity index (χ1n) is 8.06. The molecule has 0 spiro atoms. The van der Waals surface area contributed by atoms with Crippen molar-refractivity contribution in [3.63, 3.8) is 0 Å². The normalized spacial score (nSPS) is 13.5. The van der Waals surface area contributed by atoms with Crippen molar-refractivity contribution < 1.29 is 9.32 Å². The Labute approximate surface area is 136 Å². The van der Waals surface area contributed by atoms with E-state index < -0.39 is 0 Å². The van der Waals surface area contributed by atoms with Gasteiger partial charge in [0, 0.05) is 38.9 Å². The average molecular weight is 313 g/mol. The maximum absolute atomic E-state index is 12.7. The van der Waals surface area contributed by atoms with Crippen LogP contribution in [0.2, 0.25) is 0 Å². The van der Waals surface area contributed by atoms with Gasteiger partial charge in [-0.05, 0) is 37.3 Å². The predicted molar refractivity (Wildman–Crippen MR) is 89.7 cm³/mol. The summed E-state index contributed by atoms with van der Waals surface area (Å²) in [6, 6.07) is 8.11. The van der Waals surface area contributed by atoms with Crippen molar-refractivity contribution in [2.45, 2.75) is 32.2 Å². The smallest absolute Gasteiger partial charge is 0.292 e. The minimum Gasteiger partial charge on any atom is -0.377 e. The lowest BCUT2D eigenvalue weighted by atomic mass is 9.96. The molecule has 1 aliphatic rings. The summed E-state index contributed by atoms with van der Waals surface area (Å²) < 4.78 is 5.36. The molecule has 2 aromatic rings. The van der Waals surface area contributed by atoms with Crippen LogP contribution in [-0.4, -0.2) is 37.1 Å². The van der Waals surface area contributed by atoms with Crippen LogP contribution in [-0.2, 0) is 19.4 Å². The molecule has 1 aromatic heterocycles. The van der Waals surface area contributed by atoms with Crippen LogP contribution >= 0.6 is 0 Å². The van der Waals surface area contributed by atoms with E-state index in [9.17, 15) is 4.79 Å².